The lowest BCUT2D eigenvalue weighted by molar-refractivity contribution is -0.693. The largest absolute Gasteiger partial charge is 0.493 e. The fraction of sp³-hybridized carbons (Fsp3) is 0.160. The van der Waals surface area contributed by atoms with Gasteiger partial charge in [0, 0.05) is 17.0 Å². The molecule has 0 saturated heterocycles. The number of methoxy groups -OCH3 is 2. The summed E-state index contributed by atoms with van der Waals surface area (Å²) in [6.07, 6.45) is 3.00. The first-order chi connectivity index (χ1) is 13.8. The van der Waals surface area contributed by atoms with Crippen molar-refractivity contribution in [2.45, 2.75) is 13.0 Å². The fourth-order valence-corrected chi connectivity index (χ4v) is 3.63. The van der Waals surface area contributed by atoms with Gasteiger partial charge in [0.05, 0.1) is 20.6 Å². The molecule has 0 amide bonds. The Morgan fingerprint density at radius 3 is 2.25 bits per heavy atom. The maximum absolute atomic E-state index is 5.50. The molecule has 0 aliphatic rings. The van der Waals surface area contributed by atoms with Crippen molar-refractivity contribution < 1.29 is 14.0 Å². The van der Waals surface area contributed by atoms with E-state index in [1.807, 2.05) is 6.07 Å². The van der Waals surface area contributed by atoms with E-state index in [0.29, 0.717) is 0 Å². The number of rotatable bonds is 6. The van der Waals surface area contributed by atoms with E-state index in [4.69, 9.17) is 9.47 Å². The normalized spacial score (nSPS) is 10.8. The zero-order valence-corrected chi connectivity index (χ0v) is 16.3. The average molecular weight is 370 g/mol. The molecule has 0 spiro atoms. The van der Waals surface area contributed by atoms with E-state index in [1.54, 1.807) is 14.2 Å². The number of pyridine rings is 1. The summed E-state index contributed by atoms with van der Waals surface area (Å²) in [5, 5.41) is 2.53. The van der Waals surface area contributed by atoms with Crippen molar-refractivity contribution in [3.63, 3.8) is 0 Å². The van der Waals surface area contributed by atoms with Gasteiger partial charge < -0.3 is 9.47 Å². The first-order valence-electron chi connectivity index (χ1n) is 9.43. The van der Waals surface area contributed by atoms with E-state index in [9.17, 15) is 0 Å². The smallest absolute Gasteiger partial charge is 0.193 e. The number of fused-ring (bicyclic) bond motifs is 1. The van der Waals surface area contributed by atoms with Gasteiger partial charge in [0.25, 0.3) is 0 Å². The topological polar surface area (TPSA) is 22.3 Å². The number of nitrogens with zero attached hydrogens (tertiary/aromatic N) is 1. The van der Waals surface area contributed by atoms with Crippen LogP contribution in [0, 0.1) is 0 Å². The molecule has 0 radical (unpaired) electrons. The molecule has 4 aromatic rings. The van der Waals surface area contributed by atoms with Gasteiger partial charge in [-0.2, -0.15) is 4.57 Å². The van der Waals surface area contributed by atoms with Crippen LogP contribution >= 0.6 is 0 Å². The first-order valence-corrected chi connectivity index (χ1v) is 9.43. The third kappa shape index (κ3) is 3.70. The lowest BCUT2D eigenvalue weighted by Crippen LogP contribution is -2.39. The molecular weight excluding hydrogens is 346 g/mol. The van der Waals surface area contributed by atoms with Crippen molar-refractivity contribution in [3.8, 4) is 11.5 Å². The predicted molar refractivity (Wildman–Crippen MR) is 112 cm³/mol. The average Bonchev–Trinajstić information content (AvgIpc) is 2.76. The van der Waals surface area contributed by atoms with Crippen LogP contribution in [0.2, 0.25) is 0 Å². The van der Waals surface area contributed by atoms with E-state index in [0.717, 1.165) is 24.5 Å². The Morgan fingerprint density at radius 2 is 1.46 bits per heavy atom. The molecule has 0 aliphatic heterocycles. The molecule has 0 N–H and O–H groups in total. The molecule has 0 unspecified atom stereocenters. The monoisotopic (exact) mass is 370 g/mol. The maximum atomic E-state index is 5.50. The van der Waals surface area contributed by atoms with Crippen LogP contribution in [0.3, 0.4) is 0 Å². The van der Waals surface area contributed by atoms with Gasteiger partial charge in [0.1, 0.15) is 0 Å². The van der Waals surface area contributed by atoms with Gasteiger partial charge in [-0.1, -0.05) is 54.6 Å². The van der Waals surface area contributed by atoms with Crippen LogP contribution in [0.4, 0.5) is 0 Å². The number of ether oxygens (including phenoxy) is 2. The second kappa shape index (κ2) is 8.13. The molecule has 1 heterocycles. The van der Waals surface area contributed by atoms with E-state index in [-0.39, 0.29) is 0 Å². The highest BCUT2D eigenvalue weighted by atomic mass is 16.5. The van der Waals surface area contributed by atoms with Crippen LogP contribution in [0.1, 0.15) is 16.8 Å². The lowest BCUT2D eigenvalue weighted by Gasteiger charge is -2.11. The summed E-state index contributed by atoms with van der Waals surface area (Å²) in [4.78, 5) is 0. The lowest BCUT2D eigenvalue weighted by atomic mass is 10.0. The third-order valence-corrected chi connectivity index (χ3v) is 5.07. The Hall–Kier alpha value is -3.33. The molecule has 3 aromatic carbocycles. The molecule has 0 fully saturated rings. The quantitative estimate of drug-likeness (QED) is 0.456. The van der Waals surface area contributed by atoms with Crippen molar-refractivity contribution >= 4 is 10.8 Å². The van der Waals surface area contributed by atoms with Crippen molar-refractivity contribution in [1.82, 2.24) is 0 Å². The fourth-order valence-electron chi connectivity index (χ4n) is 3.63. The minimum Gasteiger partial charge on any atom is -0.493 e. The summed E-state index contributed by atoms with van der Waals surface area (Å²) >= 11 is 0. The Balaban J connectivity index is 1.78. The van der Waals surface area contributed by atoms with Crippen LogP contribution in [0.25, 0.3) is 10.8 Å². The van der Waals surface area contributed by atoms with Crippen LogP contribution < -0.4 is 14.0 Å². The van der Waals surface area contributed by atoms with Crippen molar-refractivity contribution in [3.05, 3.63) is 102 Å². The minimum atomic E-state index is 0.751. The van der Waals surface area contributed by atoms with Gasteiger partial charge in [-0.05, 0) is 29.1 Å². The second-order valence-electron chi connectivity index (χ2n) is 6.83. The highest BCUT2D eigenvalue weighted by molar-refractivity contribution is 5.83. The molecule has 0 saturated carbocycles. The van der Waals surface area contributed by atoms with Crippen molar-refractivity contribution in [2.75, 3.05) is 14.2 Å². The van der Waals surface area contributed by atoms with Crippen LogP contribution in [-0.4, -0.2) is 14.2 Å². The standard InChI is InChI=1S/C25H24NO2/c1-27-24-13-12-20(17-25(24)28-2)16-23-22-11-7-6-10-21(22)14-15-26(23)18-19-8-4-3-5-9-19/h3-15,17H,16,18H2,1-2H3/q+1. The van der Waals surface area contributed by atoms with Crippen molar-refractivity contribution in [2.24, 2.45) is 0 Å². The molecule has 4 rings (SSSR count). The highest BCUT2D eigenvalue weighted by Crippen LogP contribution is 2.29. The van der Waals surface area contributed by atoms with Crippen LogP contribution in [0.15, 0.2) is 85.1 Å². The van der Waals surface area contributed by atoms with Crippen LogP contribution in [-0.2, 0) is 13.0 Å². The molecule has 28 heavy (non-hydrogen) atoms. The van der Waals surface area contributed by atoms with E-state index >= 15 is 0 Å². The zero-order valence-electron chi connectivity index (χ0n) is 16.3. The second-order valence-corrected chi connectivity index (χ2v) is 6.83. The van der Waals surface area contributed by atoms with Gasteiger partial charge in [0.2, 0.25) is 0 Å². The summed E-state index contributed by atoms with van der Waals surface area (Å²) in [7, 11) is 3.34. The summed E-state index contributed by atoms with van der Waals surface area (Å²) < 4.78 is 13.2. The minimum absolute atomic E-state index is 0.751. The molecule has 0 bridgehead atoms. The molecule has 1 aromatic heterocycles. The molecule has 3 heteroatoms. The van der Waals surface area contributed by atoms with Crippen LogP contribution in [0.5, 0.6) is 11.5 Å². The number of benzene rings is 3. The van der Waals surface area contributed by atoms with Crippen molar-refractivity contribution in [1.29, 1.82) is 0 Å². The zero-order chi connectivity index (χ0) is 19.3. The molecule has 140 valence electrons. The first kappa shape index (κ1) is 18.1. The third-order valence-electron chi connectivity index (χ3n) is 5.07. The SMILES string of the molecule is COc1ccc(Cc2c3ccccc3cc[n+]2Cc2ccccc2)cc1OC. The molecular formula is C25H24NO2+. The predicted octanol–water partition coefficient (Wildman–Crippen LogP) is 4.78. The van der Waals surface area contributed by atoms with E-state index < -0.39 is 0 Å². The number of hydrogen-bond donors (Lipinski definition) is 0. The molecule has 0 atom stereocenters. The van der Waals surface area contributed by atoms with E-state index in [2.05, 4.69) is 83.6 Å². The Labute approximate surface area is 165 Å². The van der Waals surface area contributed by atoms with Gasteiger partial charge in [0.15, 0.2) is 29.9 Å². The van der Waals surface area contributed by atoms with Gasteiger partial charge in [-0.15, -0.1) is 0 Å². The molecule has 3 nitrogen and oxygen atoms in total. The Kier molecular flexibility index (Phi) is 5.24. The van der Waals surface area contributed by atoms with Gasteiger partial charge >= 0.3 is 0 Å². The summed E-state index contributed by atoms with van der Waals surface area (Å²) in [5.41, 5.74) is 3.77. The maximum Gasteiger partial charge on any atom is 0.193 e. The Morgan fingerprint density at radius 1 is 0.714 bits per heavy atom. The highest BCUT2D eigenvalue weighted by Gasteiger charge is 2.17. The molecule has 0 aliphatic carbocycles. The Bertz CT molecular complexity index is 1090. The number of aromatic nitrogens is 1. The number of hydrogen-bond acceptors (Lipinski definition) is 2. The van der Waals surface area contributed by atoms with E-state index in [1.165, 1.54) is 27.6 Å². The summed E-state index contributed by atoms with van der Waals surface area (Å²) in [6.45, 7) is 0.842. The summed E-state index contributed by atoms with van der Waals surface area (Å²) in [6, 6.07) is 27.5. The van der Waals surface area contributed by atoms with Gasteiger partial charge in [-0.3, -0.25) is 0 Å². The summed E-state index contributed by atoms with van der Waals surface area (Å²) in [5.74, 6) is 1.51. The van der Waals surface area contributed by atoms with Gasteiger partial charge in [-0.25, -0.2) is 0 Å².